The van der Waals surface area contributed by atoms with Gasteiger partial charge in [-0.15, -0.1) is 10.2 Å². The lowest BCUT2D eigenvalue weighted by atomic mass is 10.1. The van der Waals surface area contributed by atoms with Crippen LogP contribution in [0, 0.1) is 0 Å². The number of amides is 1. The van der Waals surface area contributed by atoms with Crippen LogP contribution in [0.1, 0.15) is 5.56 Å². The molecule has 8 heteroatoms. The Morgan fingerprint density at radius 2 is 1.93 bits per heavy atom. The van der Waals surface area contributed by atoms with Crippen LogP contribution in [0.5, 0.6) is 0 Å². The second-order valence-corrected chi connectivity index (χ2v) is 8.38. The molecule has 0 aliphatic heterocycles. The Labute approximate surface area is 186 Å². The van der Waals surface area contributed by atoms with Gasteiger partial charge in [-0.3, -0.25) is 4.79 Å². The van der Waals surface area contributed by atoms with Gasteiger partial charge in [0.2, 0.25) is 0 Å². The Bertz CT molecular complexity index is 1230. The first-order chi connectivity index (χ1) is 14.6. The van der Waals surface area contributed by atoms with E-state index in [1.54, 1.807) is 6.21 Å². The summed E-state index contributed by atoms with van der Waals surface area (Å²) in [6.45, 7) is 0. The molecular formula is C22H18BrN5OS. The van der Waals surface area contributed by atoms with E-state index in [0.29, 0.717) is 5.16 Å². The molecule has 30 heavy (non-hydrogen) atoms. The highest BCUT2D eigenvalue weighted by molar-refractivity contribution is 9.10. The van der Waals surface area contributed by atoms with Crippen LogP contribution in [0.25, 0.3) is 22.2 Å². The van der Waals surface area contributed by atoms with Gasteiger partial charge in [-0.2, -0.15) is 5.10 Å². The van der Waals surface area contributed by atoms with Gasteiger partial charge in [-0.05, 0) is 22.9 Å². The average molecular weight is 480 g/mol. The summed E-state index contributed by atoms with van der Waals surface area (Å²) in [7, 11) is 1.88. The largest absolute Gasteiger partial charge is 0.305 e. The standard InChI is InChI=1S/C22H18BrN5OS/c1-28-21(16-8-5-10-18(23)12-16)26-27-22(28)30-14-20(29)25-24-13-17-9-4-7-15-6-2-3-11-19(15)17/h2-13H,14H2,1H3,(H,25,29)/b24-13-. The molecule has 0 saturated heterocycles. The number of hydrogen-bond donors (Lipinski definition) is 1. The van der Waals surface area contributed by atoms with Crippen molar-refractivity contribution in [2.45, 2.75) is 5.16 Å². The third-order valence-corrected chi connectivity index (χ3v) is 5.98. The molecule has 0 radical (unpaired) electrons. The number of rotatable bonds is 6. The van der Waals surface area contributed by atoms with E-state index >= 15 is 0 Å². The Hall–Kier alpha value is -2.97. The molecule has 150 valence electrons. The number of hydrazone groups is 1. The predicted molar refractivity (Wildman–Crippen MR) is 125 cm³/mol. The lowest BCUT2D eigenvalue weighted by Crippen LogP contribution is -2.19. The predicted octanol–water partition coefficient (Wildman–Crippen LogP) is 4.64. The van der Waals surface area contributed by atoms with Gasteiger partial charge in [-0.1, -0.05) is 82.3 Å². The summed E-state index contributed by atoms with van der Waals surface area (Å²) in [5.74, 6) is 0.730. The zero-order chi connectivity index (χ0) is 20.9. The molecule has 6 nitrogen and oxygen atoms in total. The van der Waals surface area contributed by atoms with Crippen molar-refractivity contribution in [2.24, 2.45) is 12.1 Å². The molecule has 1 heterocycles. The van der Waals surface area contributed by atoms with Crippen molar-refractivity contribution >= 4 is 50.6 Å². The minimum absolute atomic E-state index is 0.192. The molecule has 4 aromatic rings. The van der Waals surface area contributed by atoms with Crippen LogP contribution in [0.15, 0.2) is 81.5 Å². The van der Waals surface area contributed by atoms with E-state index in [1.807, 2.05) is 78.3 Å². The number of carbonyl (C=O) groups is 1. The fourth-order valence-corrected chi connectivity index (χ4v) is 4.12. The van der Waals surface area contributed by atoms with Gasteiger partial charge in [0.15, 0.2) is 11.0 Å². The van der Waals surface area contributed by atoms with Gasteiger partial charge in [0.25, 0.3) is 5.91 Å². The third-order valence-electron chi connectivity index (χ3n) is 4.47. The van der Waals surface area contributed by atoms with Gasteiger partial charge in [0.05, 0.1) is 12.0 Å². The summed E-state index contributed by atoms with van der Waals surface area (Å²) in [4.78, 5) is 12.2. The number of benzene rings is 3. The van der Waals surface area contributed by atoms with Gasteiger partial charge >= 0.3 is 0 Å². The number of carbonyl (C=O) groups excluding carboxylic acids is 1. The van der Waals surface area contributed by atoms with Crippen LogP contribution in [0.4, 0.5) is 0 Å². The first-order valence-corrected chi connectivity index (χ1v) is 11.0. The Morgan fingerprint density at radius 3 is 2.80 bits per heavy atom. The molecule has 3 aromatic carbocycles. The number of fused-ring (bicyclic) bond motifs is 1. The zero-order valence-corrected chi connectivity index (χ0v) is 18.5. The maximum Gasteiger partial charge on any atom is 0.250 e. The van der Waals surface area contributed by atoms with E-state index in [1.165, 1.54) is 11.8 Å². The van der Waals surface area contributed by atoms with E-state index in [0.717, 1.165) is 32.2 Å². The number of nitrogens with one attached hydrogen (secondary N) is 1. The van der Waals surface area contributed by atoms with Crippen LogP contribution in [0.2, 0.25) is 0 Å². The second-order valence-electron chi connectivity index (χ2n) is 6.53. The molecule has 1 aromatic heterocycles. The SMILES string of the molecule is Cn1c(SCC(=O)N/N=C\c2cccc3ccccc23)nnc1-c1cccc(Br)c1. The van der Waals surface area contributed by atoms with Crippen molar-refractivity contribution in [1.29, 1.82) is 0 Å². The van der Waals surface area contributed by atoms with Crippen molar-refractivity contribution in [3.05, 3.63) is 76.8 Å². The van der Waals surface area contributed by atoms with Crippen molar-refractivity contribution in [3.8, 4) is 11.4 Å². The molecule has 0 atom stereocenters. The van der Waals surface area contributed by atoms with Crippen molar-refractivity contribution in [2.75, 3.05) is 5.75 Å². The topological polar surface area (TPSA) is 72.2 Å². The summed E-state index contributed by atoms with van der Waals surface area (Å²) in [6, 6.07) is 21.9. The molecule has 0 saturated carbocycles. The van der Waals surface area contributed by atoms with Gasteiger partial charge in [0, 0.05) is 22.6 Å². The number of halogens is 1. The van der Waals surface area contributed by atoms with Gasteiger partial charge in [0.1, 0.15) is 0 Å². The van der Waals surface area contributed by atoms with E-state index in [-0.39, 0.29) is 11.7 Å². The quantitative estimate of drug-likeness (QED) is 0.248. The molecule has 0 unspecified atom stereocenters. The van der Waals surface area contributed by atoms with E-state index < -0.39 is 0 Å². The van der Waals surface area contributed by atoms with E-state index in [4.69, 9.17) is 0 Å². The highest BCUT2D eigenvalue weighted by atomic mass is 79.9. The van der Waals surface area contributed by atoms with E-state index in [9.17, 15) is 4.79 Å². The maximum absolute atomic E-state index is 12.2. The minimum atomic E-state index is -0.205. The molecule has 1 amide bonds. The normalized spacial score (nSPS) is 11.3. The minimum Gasteiger partial charge on any atom is -0.305 e. The van der Waals surface area contributed by atoms with Crippen molar-refractivity contribution < 1.29 is 4.79 Å². The highest BCUT2D eigenvalue weighted by Gasteiger charge is 2.13. The van der Waals surface area contributed by atoms with Crippen LogP contribution >= 0.6 is 27.7 Å². The lowest BCUT2D eigenvalue weighted by molar-refractivity contribution is -0.118. The molecular weight excluding hydrogens is 462 g/mol. The molecule has 0 aliphatic rings. The van der Waals surface area contributed by atoms with Crippen LogP contribution in [-0.2, 0) is 11.8 Å². The number of thioether (sulfide) groups is 1. The summed E-state index contributed by atoms with van der Waals surface area (Å²) < 4.78 is 2.85. The second kappa shape index (κ2) is 9.23. The number of hydrogen-bond acceptors (Lipinski definition) is 5. The maximum atomic E-state index is 12.2. The Balaban J connectivity index is 1.37. The molecule has 0 fully saturated rings. The third kappa shape index (κ3) is 4.60. The summed E-state index contributed by atoms with van der Waals surface area (Å²) in [6.07, 6.45) is 1.67. The molecule has 0 aliphatic carbocycles. The summed E-state index contributed by atoms with van der Waals surface area (Å²) >= 11 is 4.78. The van der Waals surface area contributed by atoms with Crippen LogP contribution < -0.4 is 5.43 Å². The lowest BCUT2D eigenvalue weighted by Gasteiger charge is -2.04. The fraction of sp³-hybridized carbons (Fsp3) is 0.0909. The Kier molecular flexibility index (Phi) is 6.25. The molecule has 0 bridgehead atoms. The Morgan fingerprint density at radius 1 is 1.13 bits per heavy atom. The van der Waals surface area contributed by atoms with Gasteiger partial charge < -0.3 is 4.57 Å². The molecule has 4 rings (SSSR count). The monoisotopic (exact) mass is 479 g/mol. The number of aromatic nitrogens is 3. The average Bonchev–Trinajstić information content (AvgIpc) is 3.13. The number of nitrogens with zero attached hydrogens (tertiary/aromatic N) is 4. The molecule has 0 spiro atoms. The van der Waals surface area contributed by atoms with Crippen molar-refractivity contribution in [3.63, 3.8) is 0 Å². The molecule has 1 N–H and O–H groups in total. The smallest absolute Gasteiger partial charge is 0.250 e. The van der Waals surface area contributed by atoms with Crippen LogP contribution in [0.3, 0.4) is 0 Å². The first-order valence-electron chi connectivity index (χ1n) is 9.19. The van der Waals surface area contributed by atoms with Crippen molar-refractivity contribution in [1.82, 2.24) is 20.2 Å². The van der Waals surface area contributed by atoms with Gasteiger partial charge in [-0.25, -0.2) is 5.43 Å². The zero-order valence-electron chi connectivity index (χ0n) is 16.1. The first kappa shape index (κ1) is 20.3. The fourth-order valence-electron chi connectivity index (χ4n) is 3.02. The summed E-state index contributed by atoms with van der Waals surface area (Å²) in [5, 5.41) is 15.4. The van der Waals surface area contributed by atoms with E-state index in [2.05, 4.69) is 36.7 Å². The highest BCUT2D eigenvalue weighted by Crippen LogP contribution is 2.24. The summed E-state index contributed by atoms with van der Waals surface area (Å²) in [5.41, 5.74) is 4.48. The van der Waals surface area contributed by atoms with Crippen LogP contribution in [-0.4, -0.2) is 32.6 Å².